The number of hydroxylamine groups is 1. The molecule has 0 aliphatic rings. The smallest absolute Gasteiger partial charge is 0.416 e. The molecule has 2 rings (SSSR count). The van der Waals surface area contributed by atoms with Crippen LogP contribution in [-0.4, -0.2) is 24.2 Å². The van der Waals surface area contributed by atoms with E-state index in [0.29, 0.717) is 25.3 Å². The second-order valence-electron chi connectivity index (χ2n) is 5.86. The Morgan fingerprint density at radius 1 is 1.04 bits per heavy atom. The summed E-state index contributed by atoms with van der Waals surface area (Å²) in [5.41, 5.74) is 1.72. The van der Waals surface area contributed by atoms with Crippen LogP contribution in [0.3, 0.4) is 0 Å². The zero-order valence-electron chi connectivity index (χ0n) is 14.5. The maximum Gasteiger partial charge on any atom is 0.416 e. The fraction of sp³-hybridized carbons (Fsp3) is 0.316. The Bertz CT molecular complexity index is 706. The Balaban J connectivity index is 1.98. The van der Waals surface area contributed by atoms with Gasteiger partial charge in [-0.3, -0.25) is 10.0 Å². The molecule has 0 aliphatic heterocycles. The maximum atomic E-state index is 12.7. The van der Waals surface area contributed by atoms with Gasteiger partial charge in [-0.25, -0.2) is 5.48 Å². The molecule has 0 heterocycles. The van der Waals surface area contributed by atoms with E-state index in [2.05, 4.69) is 5.32 Å². The SMILES string of the molecule is O=C(CCNCCC(Oc1ccc(C(F)(F)F)cc1)c1ccccc1)NO. The van der Waals surface area contributed by atoms with Crippen molar-refractivity contribution >= 4 is 5.91 Å². The van der Waals surface area contributed by atoms with Gasteiger partial charge < -0.3 is 10.1 Å². The van der Waals surface area contributed by atoms with E-state index >= 15 is 0 Å². The monoisotopic (exact) mass is 382 g/mol. The topological polar surface area (TPSA) is 70.6 Å². The number of alkyl halides is 3. The lowest BCUT2D eigenvalue weighted by Gasteiger charge is -2.20. The van der Waals surface area contributed by atoms with E-state index in [9.17, 15) is 18.0 Å². The van der Waals surface area contributed by atoms with Crippen LogP contribution in [0.5, 0.6) is 5.75 Å². The molecule has 1 atom stereocenters. The van der Waals surface area contributed by atoms with Crippen LogP contribution in [0.2, 0.25) is 0 Å². The highest BCUT2D eigenvalue weighted by molar-refractivity contribution is 5.74. The Kier molecular flexibility index (Phi) is 7.63. The Morgan fingerprint density at radius 2 is 1.70 bits per heavy atom. The number of carbonyl (C=O) groups excluding carboxylic acids is 1. The molecule has 0 aromatic heterocycles. The van der Waals surface area contributed by atoms with Crippen LogP contribution < -0.4 is 15.5 Å². The van der Waals surface area contributed by atoms with E-state index in [4.69, 9.17) is 9.94 Å². The van der Waals surface area contributed by atoms with E-state index in [1.54, 1.807) is 5.48 Å². The predicted molar refractivity (Wildman–Crippen MR) is 93.3 cm³/mol. The third-order valence-corrected chi connectivity index (χ3v) is 3.87. The quantitative estimate of drug-likeness (QED) is 0.351. The van der Waals surface area contributed by atoms with E-state index in [0.717, 1.165) is 17.7 Å². The van der Waals surface area contributed by atoms with E-state index in [1.807, 2.05) is 30.3 Å². The summed E-state index contributed by atoms with van der Waals surface area (Å²) in [5.74, 6) is -0.139. The van der Waals surface area contributed by atoms with Crippen molar-refractivity contribution in [2.24, 2.45) is 0 Å². The molecule has 2 aromatic carbocycles. The minimum absolute atomic E-state index is 0.131. The zero-order valence-corrected chi connectivity index (χ0v) is 14.5. The minimum atomic E-state index is -4.39. The number of carbonyl (C=O) groups is 1. The normalized spacial score (nSPS) is 12.4. The van der Waals surface area contributed by atoms with Gasteiger partial charge in [-0.1, -0.05) is 30.3 Å². The van der Waals surface area contributed by atoms with Crippen molar-refractivity contribution in [2.45, 2.75) is 25.1 Å². The molecule has 1 amide bonds. The number of hydrogen-bond donors (Lipinski definition) is 3. The third kappa shape index (κ3) is 6.92. The molecule has 3 N–H and O–H groups in total. The molecule has 0 fully saturated rings. The maximum absolute atomic E-state index is 12.7. The molecule has 146 valence electrons. The van der Waals surface area contributed by atoms with Crippen LogP contribution >= 0.6 is 0 Å². The Hall–Kier alpha value is -2.58. The average Bonchev–Trinajstić information content (AvgIpc) is 2.67. The van der Waals surface area contributed by atoms with Crippen molar-refractivity contribution in [3.05, 3.63) is 65.7 Å². The summed E-state index contributed by atoms with van der Waals surface area (Å²) in [4.78, 5) is 11.0. The van der Waals surface area contributed by atoms with Gasteiger partial charge in [-0.2, -0.15) is 13.2 Å². The van der Waals surface area contributed by atoms with Gasteiger partial charge in [0.05, 0.1) is 5.56 Å². The van der Waals surface area contributed by atoms with Gasteiger partial charge in [-0.15, -0.1) is 0 Å². The fourth-order valence-corrected chi connectivity index (χ4v) is 2.46. The first-order valence-electron chi connectivity index (χ1n) is 8.42. The number of amides is 1. The van der Waals surface area contributed by atoms with Crippen LogP contribution in [0.1, 0.15) is 30.1 Å². The first-order chi connectivity index (χ1) is 12.9. The molecular weight excluding hydrogens is 361 g/mol. The lowest BCUT2D eigenvalue weighted by molar-refractivity contribution is -0.137. The summed E-state index contributed by atoms with van der Waals surface area (Å²) in [6.45, 7) is 0.910. The summed E-state index contributed by atoms with van der Waals surface area (Å²) in [6, 6.07) is 13.9. The number of rotatable bonds is 9. The highest BCUT2D eigenvalue weighted by Crippen LogP contribution is 2.31. The molecule has 0 spiro atoms. The van der Waals surface area contributed by atoms with Gasteiger partial charge in [0.25, 0.3) is 0 Å². The zero-order chi connectivity index (χ0) is 19.7. The first kappa shape index (κ1) is 20.7. The summed E-state index contributed by atoms with van der Waals surface area (Å²) in [6.07, 6.45) is -4.07. The van der Waals surface area contributed by atoms with Crippen LogP contribution in [0.15, 0.2) is 54.6 Å². The standard InChI is InChI=1S/C19H21F3N2O3/c20-19(21,22)15-6-8-16(9-7-15)27-17(14-4-2-1-3-5-14)10-12-23-13-11-18(25)24-26/h1-9,17,23,26H,10-13H2,(H,24,25). The number of halogens is 3. The molecule has 0 aliphatic carbocycles. The molecule has 0 saturated carbocycles. The molecule has 0 bridgehead atoms. The molecular formula is C19H21F3N2O3. The lowest BCUT2D eigenvalue weighted by Crippen LogP contribution is -2.26. The Labute approximate surface area is 155 Å². The molecule has 5 nitrogen and oxygen atoms in total. The second-order valence-corrected chi connectivity index (χ2v) is 5.86. The van der Waals surface area contributed by atoms with Crippen molar-refractivity contribution in [3.8, 4) is 5.75 Å². The number of ether oxygens (including phenoxy) is 1. The fourth-order valence-electron chi connectivity index (χ4n) is 2.46. The van der Waals surface area contributed by atoms with Crippen molar-refractivity contribution in [1.29, 1.82) is 0 Å². The number of hydrogen-bond acceptors (Lipinski definition) is 4. The van der Waals surface area contributed by atoms with Gasteiger partial charge in [-0.05, 0) is 36.4 Å². The van der Waals surface area contributed by atoms with Crippen LogP contribution in [0, 0.1) is 0 Å². The minimum Gasteiger partial charge on any atom is -0.486 e. The molecule has 1 unspecified atom stereocenters. The van der Waals surface area contributed by atoms with Gasteiger partial charge in [0.15, 0.2) is 0 Å². The third-order valence-electron chi connectivity index (χ3n) is 3.87. The molecule has 27 heavy (non-hydrogen) atoms. The van der Waals surface area contributed by atoms with Gasteiger partial charge in [0.2, 0.25) is 5.91 Å². The summed E-state index contributed by atoms with van der Waals surface area (Å²) in [7, 11) is 0. The van der Waals surface area contributed by atoms with Gasteiger partial charge in [0, 0.05) is 19.4 Å². The molecule has 8 heteroatoms. The number of nitrogens with one attached hydrogen (secondary N) is 2. The van der Waals surface area contributed by atoms with E-state index in [-0.39, 0.29) is 12.5 Å². The summed E-state index contributed by atoms with van der Waals surface area (Å²) >= 11 is 0. The van der Waals surface area contributed by atoms with Crippen LogP contribution in [0.4, 0.5) is 13.2 Å². The van der Waals surface area contributed by atoms with Crippen molar-refractivity contribution < 1.29 is 27.9 Å². The van der Waals surface area contributed by atoms with Crippen LogP contribution in [-0.2, 0) is 11.0 Å². The van der Waals surface area contributed by atoms with Crippen LogP contribution in [0.25, 0.3) is 0 Å². The van der Waals surface area contributed by atoms with Crippen molar-refractivity contribution in [2.75, 3.05) is 13.1 Å². The second kappa shape index (κ2) is 9.94. The summed E-state index contributed by atoms with van der Waals surface area (Å²) < 4.78 is 43.9. The van der Waals surface area contributed by atoms with Crippen molar-refractivity contribution in [1.82, 2.24) is 10.8 Å². The first-order valence-corrected chi connectivity index (χ1v) is 8.42. The average molecular weight is 382 g/mol. The summed E-state index contributed by atoms with van der Waals surface area (Å²) in [5, 5.41) is 11.5. The largest absolute Gasteiger partial charge is 0.486 e. The van der Waals surface area contributed by atoms with E-state index in [1.165, 1.54) is 12.1 Å². The highest BCUT2D eigenvalue weighted by atomic mass is 19.4. The molecule has 0 saturated heterocycles. The molecule has 2 aromatic rings. The molecule has 0 radical (unpaired) electrons. The van der Waals surface area contributed by atoms with Gasteiger partial charge >= 0.3 is 6.18 Å². The van der Waals surface area contributed by atoms with E-state index < -0.39 is 17.6 Å². The lowest BCUT2D eigenvalue weighted by atomic mass is 10.1. The van der Waals surface area contributed by atoms with Gasteiger partial charge in [0.1, 0.15) is 11.9 Å². The van der Waals surface area contributed by atoms with Crippen molar-refractivity contribution in [3.63, 3.8) is 0 Å². The Morgan fingerprint density at radius 3 is 2.30 bits per heavy atom. The highest BCUT2D eigenvalue weighted by Gasteiger charge is 2.30. The predicted octanol–water partition coefficient (Wildman–Crippen LogP) is 3.70. The number of benzene rings is 2.